The van der Waals surface area contributed by atoms with E-state index in [4.69, 9.17) is 10.9 Å². The van der Waals surface area contributed by atoms with Crippen LogP contribution < -0.4 is 11.1 Å². The second-order valence-electron chi connectivity index (χ2n) is 3.75. The molecule has 0 saturated carbocycles. The van der Waals surface area contributed by atoms with Crippen molar-refractivity contribution in [3.05, 3.63) is 49.0 Å². The van der Waals surface area contributed by atoms with Gasteiger partial charge in [-0.15, -0.1) is 11.3 Å². The highest BCUT2D eigenvalue weighted by atomic mass is 79.9. The van der Waals surface area contributed by atoms with E-state index in [0.717, 1.165) is 7.57 Å². The molecule has 0 saturated heterocycles. The van der Waals surface area contributed by atoms with Crippen molar-refractivity contribution in [1.29, 1.82) is 0 Å². The van der Waals surface area contributed by atoms with Crippen LogP contribution in [0.15, 0.2) is 43.1 Å². The Kier molecular flexibility index (Phi) is 4.79. The fourth-order valence-electron chi connectivity index (χ4n) is 1.48. The van der Waals surface area contributed by atoms with Crippen LogP contribution in [0.25, 0.3) is 0 Å². The van der Waals surface area contributed by atoms with Crippen molar-refractivity contribution in [1.82, 2.24) is 0 Å². The summed E-state index contributed by atoms with van der Waals surface area (Å²) >= 11 is 8.10. The lowest BCUT2D eigenvalue weighted by Gasteiger charge is -2.05. The Hall–Kier alpha value is -1.38. The summed E-state index contributed by atoms with van der Waals surface area (Å²) in [6.07, 6.45) is 0. The fraction of sp³-hybridized carbons (Fsp3) is 0. The zero-order valence-electron chi connectivity index (χ0n) is 9.93. The molecule has 1 aromatic carbocycles. The van der Waals surface area contributed by atoms with Gasteiger partial charge in [-0.2, -0.15) is 0 Å². The molecule has 0 aliphatic heterocycles. The third-order valence-corrected chi connectivity index (χ3v) is 4.79. The number of nitrogens with one attached hydrogen (secondary N) is 1. The Balaban J connectivity index is 2.14. The molecule has 0 bridgehead atoms. The summed E-state index contributed by atoms with van der Waals surface area (Å²) in [6, 6.07) is 8.42. The average Bonchev–Trinajstić information content (AvgIpc) is 2.78. The van der Waals surface area contributed by atoms with Crippen LogP contribution in [0.1, 0.15) is 15.9 Å². The van der Waals surface area contributed by atoms with Crippen molar-refractivity contribution in [2.45, 2.75) is 0 Å². The van der Waals surface area contributed by atoms with E-state index in [1.165, 1.54) is 11.3 Å². The fourth-order valence-corrected chi connectivity index (χ4v) is 4.27. The molecule has 4 N–H and O–H groups in total. The Bertz CT molecular complexity index is 668. The molecule has 0 aliphatic rings. The van der Waals surface area contributed by atoms with Crippen LogP contribution in [0.4, 0.5) is 5.69 Å². The van der Waals surface area contributed by atoms with Gasteiger partial charge in [0.05, 0.1) is 13.1 Å². The van der Waals surface area contributed by atoms with Gasteiger partial charge in [0.1, 0.15) is 0 Å². The number of carbonyl (C=O) groups is 1. The SMILES string of the molecule is N/C(=N/O)c1ccc(NC(=O)c2cc(Br)sc2Br)cc1. The summed E-state index contributed by atoms with van der Waals surface area (Å²) in [5, 5.41) is 14.2. The van der Waals surface area contributed by atoms with Crippen molar-refractivity contribution < 1.29 is 10.0 Å². The lowest BCUT2D eigenvalue weighted by molar-refractivity contribution is 0.102. The van der Waals surface area contributed by atoms with E-state index in [1.807, 2.05) is 0 Å². The molecular weight excluding hydrogens is 410 g/mol. The molecule has 1 heterocycles. The molecule has 0 unspecified atom stereocenters. The maximum Gasteiger partial charge on any atom is 0.257 e. The van der Waals surface area contributed by atoms with Crippen LogP contribution in [-0.2, 0) is 0 Å². The number of hydrogen-bond acceptors (Lipinski definition) is 4. The first-order chi connectivity index (χ1) is 9.51. The molecule has 2 rings (SSSR count). The lowest BCUT2D eigenvalue weighted by atomic mass is 10.2. The first-order valence-corrected chi connectivity index (χ1v) is 7.75. The van der Waals surface area contributed by atoms with Crippen LogP contribution in [-0.4, -0.2) is 17.0 Å². The number of rotatable bonds is 3. The zero-order valence-corrected chi connectivity index (χ0v) is 13.9. The topological polar surface area (TPSA) is 87.7 Å². The number of oxime groups is 1. The highest BCUT2D eigenvalue weighted by Crippen LogP contribution is 2.32. The molecule has 0 spiro atoms. The minimum absolute atomic E-state index is 0.0207. The molecule has 8 heteroatoms. The molecule has 5 nitrogen and oxygen atoms in total. The van der Waals surface area contributed by atoms with Gasteiger partial charge in [-0.25, -0.2) is 0 Å². The molecule has 2 aromatic rings. The number of thiophene rings is 1. The maximum atomic E-state index is 12.1. The molecule has 104 valence electrons. The van der Waals surface area contributed by atoms with Crippen molar-refractivity contribution >= 4 is 60.6 Å². The van der Waals surface area contributed by atoms with Crippen molar-refractivity contribution in [2.75, 3.05) is 5.32 Å². The minimum atomic E-state index is -0.213. The number of nitrogens with two attached hydrogens (primary N) is 1. The third-order valence-electron chi connectivity index (χ3n) is 2.45. The number of hydrogen-bond donors (Lipinski definition) is 3. The highest BCUT2D eigenvalue weighted by Gasteiger charge is 2.13. The third kappa shape index (κ3) is 3.38. The molecular formula is C12H9Br2N3O2S. The van der Waals surface area contributed by atoms with Crippen molar-refractivity contribution in [3.63, 3.8) is 0 Å². The number of carbonyl (C=O) groups excluding carboxylic acids is 1. The normalized spacial score (nSPS) is 11.4. The standard InChI is InChI=1S/C12H9Br2N3O2S/c13-9-5-8(10(14)20-9)12(18)16-7-3-1-6(2-4-7)11(15)17-19/h1-5,19H,(H2,15,17)(H,16,18). The molecule has 20 heavy (non-hydrogen) atoms. The van der Waals surface area contributed by atoms with E-state index in [2.05, 4.69) is 42.3 Å². The number of amidine groups is 1. The first-order valence-electron chi connectivity index (χ1n) is 5.35. The molecule has 1 aromatic heterocycles. The monoisotopic (exact) mass is 417 g/mol. The van der Waals surface area contributed by atoms with Crippen LogP contribution in [0.5, 0.6) is 0 Å². The van der Waals surface area contributed by atoms with Gasteiger partial charge in [0.15, 0.2) is 5.84 Å². The summed E-state index contributed by atoms with van der Waals surface area (Å²) in [6.45, 7) is 0. The summed E-state index contributed by atoms with van der Waals surface area (Å²) in [4.78, 5) is 12.1. The maximum absolute atomic E-state index is 12.1. The summed E-state index contributed by atoms with van der Waals surface area (Å²) in [5.41, 5.74) is 7.22. The predicted molar refractivity (Wildman–Crippen MR) is 86.6 cm³/mol. The Morgan fingerprint density at radius 1 is 1.30 bits per heavy atom. The quantitative estimate of drug-likeness (QED) is 0.308. The number of nitrogens with zero attached hydrogens (tertiary/aromatic N) is 1. The van der Waals surface area contributed by atoms with Gasteiger partial charge in [-0.05, 0) is 62.2 Å². The van der Waals surface area contributed by atoms with E-state index < -0.39 is 0 Å². The van der Waals surface area contributed by atoms with E-state index in [-0.39, 0.29) is 11.7 Å². The molecule has 0 aliphatic carbocycles. The predicted octanol–water partition coefficient (Wildman–Crippen LogP) is 3.62. The van der Waals surface area contributed by atoms with E-state index in [9.17, 15) is 4.79 Å². The van der Waals surface area contributed by atoms with Crippen LogP contribution in [0, 0.1) is 0 Å². The second-order valence-corrected chi connectivity index (χ2v) is 7.50. The Morgan fingerprint density at radius 2 is 1.95 bits per heavy atom. The molecule has 0 atom stereocenters. The number of anilines is 1. The first kappa shape index (κ1) is 15.0. The van der Waals surface area contributed by atoms with Crippen LogP contribution >= 0.6 is 43.2 Å². The van der Waals surface area contributed by atoms with E-state index >= 15 is 0 Å². The number of benzene rings is 1. The van der Waals surface area contributed by atoms with Crippen LogP contribution in [0.2, 0.25) is 0 Å². The molecule has 0 radical (unpaired) electrons. The summed E-state index contributed by atoms with van der Waals surface area (Å²) < 4.78 is 1.63. The van der Waals surface area contributed by atoms with Crippen LogP contribution in [0.3, 0.4) is 0 Å². The molecule has 0 fully saturated rings. The summed E-state index contributed by atoms with van der Waals surface area (Å²) in [7, 11) is 0. The molecule has 1 amide bonds. The van der Waals surface area contributed by atoms with Gasteiger partial charge in [0.25, 0.3) is 5.91 Å². The van der Waals surface area contributed by atoms with Gasteiger partial charge in [0.2, 0.25) is 0 Å². The average molecular weight is 419 g/mol. The van der Waals surface area contributed by atoms with Crippen molar-refractivity contribution in [3.8, 4) is 0 Å². The lowest BCUT2D eigenvalue weighted by Crippen LogP contribution is -2.14. The van der Waals surface area contributed by atoms with E-state index in [0.29, 0.717) is 16.8 Å². The minimum Gasteiger partial charge on any atom is -0.409 e. The van der Waals surface area contributed by atoms with Crippen molar-refractivity contribution in [2.24, 2.45) is 10.9 Å². The van der Waals surface area contributed by atoms with Gasteiger partial charge in [-0.3, -0.25) is 4.79 Å². The van der Waals surface area contributed by atoms with Gasteiger partial charge in [-0.1, -0.05) is 5.16 Å². The zero-order chi connectivity index (χ0) is 14.7. The smallest absolute Gasteiger partial charge is 0.257 e. The Labute approximate surface area is 135 Å². The number of amides is 1. The van der Waals surface area contributed by atoms with E-state index in [1.54, 1.807) is 30.3 Å². The van der Waals surface area contributed by atoms with Gasteiger partial charge < -0.3 is 16.3 Å². The summed E-state index contributed by atoms with van der Waals surface area (Å²) in [5.74, 6) is -0.192. The second kappa shape index (κ2) is 6.38. The number of halogens is 2. The highest BCUT2D eigenvalue weighted by molar-refractivity contribution is 9.12. The van der Waals surface area contributed by atoms with Gasteiger partial charge in [0, 0.05) is 11.3 Å². The van der Waals surface area contributed by atoms with Gasteiger partial charge >= 0.3 is 0 Å². The Morgan fingerprint density at radius 3 is 2.45 bits per heavy atom. The largest absolute Gasteiger partial charge is 0.409 e.